The average Bonchev–Trinajstić information content (AvgIpc) is 2.64. The predicted molar refractivity (Wildman–Crippen MR) is 100 cm³/mol. The van der Waals surface area contributed by atoms with Gasteiger partial charge in [-0.25, -0.2) is 0 Å². The number of hydroxylamine groups is 2. The van der Waals surface area contributed by atoms with Crippen molar-refractivity contribution in [3.63, 3.8) is 0 Å². The highest BCUT2D eigenvalue weighted by Gasteiger charge is 2.52. The summed E-state index contributed by atoms with van der Waals surface area (Å²) in [5, 5.41) is 1.58. The van der Waals surface area contributed by atoms with E-state index in [9.17, 15) is 14.4 Å². The van der Waals surface area contributed by atoms with Gasteiger partial charge in [-0.1, -0.05) is 30.3 Å². The molecule has 0 spiro atoms. The third-order valence-electron chi connectivity index (χ3n) is 5.19. The first kappa shape index (κ1) is 19.5. The zero-order valence-corrected chi connectivity index (χ0v) is 16.1. The molecular formula is C21H26N2O4. The zero-order chi connectivity index (χ0) is 19.6. The topological polar surface area (TPSA) is 66.9 Å². The van der Waals surface area contributed by atoms with Gasteiger partial charge in [-0.15, -0.1) is 0 Å². The molecular weight excluding hydrogens is 344 g/mol. The molecule has 0 N–H and O–H groups in total. The molecule has 0 saturated carbocycles. The molecule has 0 aromatic heterocycles. The van der Waals surface area contributed by atoms with Gasteiger partial charge in [-0.05, 0) is 24.0 Å². The summed E-state index contributed by atoms with van der Waals surface area (Å²) in [6.07, 6.45) is 2.05. The van der Waals surface area contributed by atoms with Gasteiger partial charge < -0.3 is 4.90 Å². The van der Waals surface area contributed by atoms with Gasteiger partial charge in [-0.2, -0.15) is 5.06 Å². The number of carbonyl (C=O) groups is 3. The van der Waals surface area contributed by atoms with E-state index in [1.807, 2.05) is 30.3 Å². The standard InChI is InChI=1S/C21H26N2O4/c1-14(24)20-16(13-27-22(2)3)9-10-19-18(21(26)23(19)20)12-17(25)11-15-7-5-4-6-8-15/h4-8,18-19H,9-13H2,1-3H3. The minimum Gasteiger partial charge on any atom is -0.305 e. The van der Waals surface area contributed by atoms with E-state index >= 15 is 0 Å². The highest BCUT2D eigenvalue weighted by molar-refractivity contribution is 6.02. The molecule has 1 aromatic rings. The molecule has 1 fully saturated rings. The van der Waals surface area contributed by atoms with E-state index in [0.29, 0.717) is 25.1 Å². The average molecular weight is 370 g/mol. The van der Waals surface area contributed by atoms with Crippen molar-refractivity contribution in [1.29, 1.82) is 0 Å². The Labute approximate surface area is 159 Å². The smallest absolute Gasteiger partial charge is 0.233 e. The number of hydrogen-bond donors (Lipinski definition) is 0. The van der Waals surface area contributed by atoms with Crippen LogP contribution in [0.4, 0.5) is 0 Å². The first-order valence-electron chi connectivity index (χ1n) is 9.30. The monoisotopic (exact) mass is 370 g/mol. The van der Waals surface area contributed by atoms with Gasteiger partial charge in [0.15, 0.2) is 5.78 Å². The molecule has 0 aliphatic carbocycles. The molecule has 144 valence electrons. The van der Waals surface area contributed by atoms with E-state index in [1.54, 1.807) is 24.1 Å². The Hall–Kier alpha value is -2.31. The van der Waals surface area contributed by atoms with Crippen LogP contribution in [0.5, 0.6) is 0 Å². The Morgan fingerprint density at radius 2 is 1.93 bits per heavy atom. The van der Waals surface area contributed by atoms with E-state index < -0.39 is 0 Å². The molecule has 6 nitrogen and oxygen atoms in total. The lowest BCUT2D eigenvalue weighted by molar-refractivity contribution is -0.158. The molecule has 1 aromatic carbocycles. The van der Waals surface area contributed by atoms with Gasteiger partial charge in [0.05, 0.1) is 18.2 Å². The lowest BCUT2D eigenvalue weighted by Gasteiger charge is -2.51. The summed E-state index contributed by atoms with van der Waals surface area (Å²) >= 11 is 0. The van der Waals surface area contributed by atoms with Crippen molar-refractivity contribution in [1.82, 2.24) is 9.96 Å². The Kier molecular flexibility index (Phi) is 5.87. The van der Waals surface area contributed by atoms with E-state index in [-0.39, 0.29) is 35.9 Å². The van der Waals surface area contributed by atoms with Crippen LogP contribution in [0, 0.1) is 5.92 Å². The zero-order valence-electron chi connectivity index (χ0n) is 16.1. The number of ketones is 2. The minimum absolute atomic E-state index is 0.0563. The second-order valence-corrected chi connectivity index (χ2v) is 7.42. The second-order valence-electron chi connectivity index (χ2n) is 7.42. The number of fused-ring (bicyclic) bond motifs is 1. The summed E-state index contributed by atoms with van der Waals surface area (Å²) in [4.78, 5) is 44.4. The van der Waals surface area contributed by atoms with Crippen LogP contribution < -0.4 is 0 Å². The second kappa shape index (κ2) is 8.15. The summed E-state index contributed by atoms with van der Waals surface area (Å²) in [7, 11) is 3.56. The molecule has 27 heavy (non-hydrogen) atoms. The van der Waals surface area contributed by atoms with Gasteiger partial charge in [0.1, 0.15) is 5.78 Å². The Bertz CT molecular complexity index is 770. The third-order valence-corrected chi connectivity index (χ3v) is 5.19. The van der Waals surface area contributed by atoms with Gasteiger partial charge in [-0.3, -0.25) is 19.2 Å². The number of Topliss-reactive ketones (excluding diaryl/α,β-unsaturated/α-hetero) is 2. The lowest BCUT2D eigenvalue weighted by atomic mass is 9.75. The van der Waals surface area contributed by atoms with Crippen LogP contribution in [0.2, 0.25) is 0 Å². The van der Waals surface area contributed by atoms with Crippen LogP contribution in [-0.2, 0) is 25.6 Å². The number of β-lactam (4-membered cyclic amide) rings is 1. The maximum atomic E-state index is 12.7. The van der Waals surface area contributed by atoms with Crippen LogP contribution in [0.25, 0.3) is 0 Å². The lowest BCUT2D eigenvalue weighted by Crippen LogP contribution is -2.63. The van der Waals surface area contributed by atoms with Crippen molar-refractivity contribution in [2.45, 2.75) is 38.6 Å². The van der Waals surface area contributed by atoms with Gasteiger partial charge in [0.25, 0.3) is 0 Å². The molecule has 2 aliphatic heterocycles. The number of carbonyl (C=O) groups excluding carboxylic acids is 3. The molecule has 2 aliphatic rings. The van der Waals surface area contributed by atoms with Crippen LogP contribution in [-0.4, -0.2) is 54.2 Å². The van der Waals surface area contributed by atoms with Crippen molar-refractivity contribution in [2.24, 2.45) is 5.92 Å². The van der Waals surface area contributed by atoms with E-state index in [2.05, 4.69) is 0 Å². The number of nitrogens with zero attached hydrogens (tertiary/aromatic N) is 2. The van der Waals surface area contributed by atoms with Crippen LogP contribution >= 0.6 is 0 Å². The van der Waals surface area contributed by atoms with Crippen molar-refractivity contribution < 1.29 is 19.2 Å². The van der Waals surface area contributed by atoms with Gasteiger partial charge in [0.2, 0.25) is 5.91 Å². The fourth-order valence-electron chi connectivity index (χ4n) is 3.95. The molecule has 0 bridgehead atoms. The molecule has 1 saturated heterocycles. The predicted octanol–water partition coefficient (Wildman–Crippen LogP) is 2.15. The number of benzene rings is 1. The summed E-state index contributed by atoms with van der Waals surface area (Å²) in [6, 6.07) is 9.50. The van der Waals surface area contributed by atoms with E-state index in [1.165, 1.54) is 6.92 Å². The maximum Gasteiger partial charge on any atom is 0.233 e. The Balaban J connectivity index is 1.68. The van der Waals surface area contributed by atoms with Crippen molar-refractivity contribution in [2.75, 3.05) is 20.7 Å². The third kappa shape index (κ3) is 4.17. The molecule has 2 atom stereocenters. The van der Waals surface area contributed by atoms with Crippen molar-refractivity contribution in [3.05, 3.63) is 47.2 Å². The van der Waals surface area contributed by atoms with Crippen LogP contribution in [0.3, 0.4) is 0 Å². The number of hydrogen-bond acceptors (Lipinski definition) is 5. The molecule has 3 rings (SSSR count). The molecule has 2 unspecified atom stereocenters. The Morgan fingerprint density at radius 3 is 2.56 bits per heavy atom. The first-order valence-corrected chi connectivity index (χ1v) is 9.30. The molecule has 2 heterocycles. The molecule has 6 heteroatoms. The summed E-state index contributed by atoms with van der Waals surface area (Å²) in [6.45, 7) is 1.78. The number of allylic oxidation sites excluding steroid dienone is 1. The van der Waals surface area contributed by atoms with Crippen LogP contribution in [0.1, 0.15) is 31.7 Å². The molecule has 0 radical (unpaired) electrons. The summed E-state index contributed by atoms with van der Waals surface area (Å²) in [5.41, 5.74) is 2.28. The fourth-order valence-corrected chi connectivity index (χ4v) is 3.95. The van der Waals surface area contributed by atoms with Gasteiger partial charge in [0, 0.05) is 39.9 Å². The summed E-state index contributed by atoms with van der Waals surface area (Å²) < 4.78 is 0. The number of rotatable bonds is 8. The minimum atomic E-state index is -0.313. The summed E-state index contributed by atoms with van der Waals surface area (Å²) in [5.74, 6) is -0.491. The Morgan fingerprint density at radius 1 is 1.22 bits per heavy atom. The fraction of sp³-hybridized carbons (Fsp3) is 0.476. The quantitative estimate of drug-likeness (QED) is 0.518. The van der Waals surface area contributed by atoms with E-state index in [4.69, 9.17) is 4.84 Å². The largest absolute Gasteiger partial charge is 0.305 e. The van der Waals surface area contributed by atoms with E-state index in [0.717, 1.165) is 17.6 Å². The number of amides is 1. The first-order chi connectivity index (χ1) is 12.9. The normalized spacial score (nSPS) is 21.9. The van der Waals surface area contributed by atoms with Crippen LogP contribution in [0.15, 0.2) is 41.6 Å². The highest BCUT2D eigenvalue weighted by Crippen LogP contribution is 2.42. The van der Waals surface area contributed by atoms with Crippen molar-refractivity contribution >= 4 is 17.5 Å². The van der Waals surface area contributed by atoms with Crippen molar-refractivity contribution in [3.8, 4) is 0 Å². The SMILES string of the molecule is CC(=O)C1=C(CON(C)C)CCC2C(CC(=O)Cc3ccccc3)C(=O)N12. The maximum absolute atomic E-state index is 12.7. The highest BCUT2D eigenvalue weighted by atomic mass is 16.7. The van der Waals surface area contributed by atoms with Gasteiger partial charge >= 0.3 is 0 Å². The molecule has 1 amide bonds.